The highest BCUT2D eigenvalue weighted by molar-refractivity contribution is 7.99. The maximum absolute atomic E-state index is 11.3. The lowest BCUT2D eigenvalue weighted by Gasteiger charge is -2.26. The molecule has 1 aromatic carbocycles. The van der Waals surface area contributed by atoms with E-state index in [1.165, 1.54) is 6.07 Å². The lowest BCUT2D eigenvalue weighted by atomic mass is 10.1. The van der Waals surface area contributed by atoms with E-state index >= 15 is 0 Å². The van der Waals surface area contributed by atoms with E-state index in [-0.39, 0.29) is 5.69 Å². The van der Waals surface area contributed by atoms with Gasteiger partial charge in [-0.15, -0.1) is 0 Å². The van der Waals surface area contributed by atoms with Gasteiger partial charge in [-0.3, -0.25) is 15.0 Å². The summed E-state index contributed by atoms with van der Waals surface area (Å²) in [6.45, 7) is 7.69. The van der Waals surface area contributed by atoms with Gasteiger partial charge in [0.1, 0.15) is 5.82 Å². The number of thioether (sulfide) groups is 1. The predicted octanol–water partition coefficient (Wildman–Crippen LogP) is 3.81. The van der Waals surface area contributed by atoms with Crippen molar-refractivity contribution in [3.63, 3.8) is 0 Å². The summed E-state index contributed by atoms with van der Waals surface area (Å²) in [6.07, 6.45) is 0. The molecular formula is C19H25N5O2S. The average Bonchev–Trinajstić information content (AvgIpc) is 2.62. The largest absolute Gasteiger partial charge is 0.363 e. The van der Waals surface area contributed by atoms with Gasteiger partial charge in [-0.2, -0.15) is 11.8 Å². The Morgan fingerprint density at radius 3 is 2.56 bits per heavy atom. The Bertz CT molecular complexity index is 788. The van der Waals surface area contributed by atoms with Crippen LogP contribution in [0, 0.1) is 24.0 Å². The summed E-state index contributed by atoms with van der Waals surface area (Å²) >= 11 is 1.97. The van der Waals surface area contributed by atoms with E-state index in [0.29, 0.717) is 18.2 Å². The van der Waals surface area contributed by atoms with Gasteiger partial charge in [0.15, 0.2) is 0 Å². The van der Waals surface area contributed by atoms with E-state index in [4.69, 9.17) is 0 Å². The molecule has 1 aliphatic heterocycles. The molecule has 0 amide bonds. The van der Waals surface area contributed by atoms with Crippen molar-refractivity contribution >= 4 is 34.8 Å². The fourth-order valence-corrected chi connectivity index (χ4v) is 4.13. The molecule has 2 aromatic rings. The first kappa shape index (κ1) is 19.4. The quantitative estimate of drug-likeness (QED) is 0.552. The molecule has 0 saturated carbocycles. The summed E-state index contributed by atoms with van der Waals surface area (Å²) in [7, 11) is 0. The van der Waals surface area contributed by atoms with Crippen LogP contribution in [0.4, 0.5) is 23.0 Å². The number of aryl methyl sites for hydroxylation is 2. The van der Waals surface area contributed by atoms with Crippen molar-refractivity contribution in [3.05, 3.63) is 51.6 Å². The molecule has 0 unspecified atom stereocenters. The van der Waals surface area contributed by atoms with Crippen molar-refractivity contribution in [1.82, 2.24) is 9.88 Å². The van der Waals surface area contributed by atoms with Gasteiger partial charge in [-0.05, 0) is 43.2 Å². The fourth-order valence-electron chi connectivity index (χ4n) is 3.15. The minimum atomic E-state index is -0.395. The molecule has 0 spiro atoms. The standard InChI is InChI=1S/C19H25N5O2S/c1-14-11-15(2)13-16(12-14)21-18-4-3-17(24(25)26)19(22-18)20-5-6-23-7-9-27-10-8-23/h3-4,11-13H,5-10H2,1-2H3,(H2,20,21,22). The van der Waals surface area contributed by atoms with Gasteiger partial charge in [0.25, 0.3) is 0 Å². The molecule has 1 fully saturated rings. The third-order valence-electron chi connectivity index (χ3n) is 4.39. The summed E-state index contributed by atoms with van der Waals surface area (Å²) in [4.78, 5) is 17.8. The number of hydrogen-bond donors (Lipinski definition) is 2. The summed E-state index contributed by atoms with van der Waals surface area (Å²) < 4.78 is 0. The van der Waals surface area contributed by atoms with Crippen LogP contribution in [0.3, 0.4) is 0 Å². The predicted molar refractivity (Wildman–Crippen MR) is 112 cm³/mol. The van der Waals surface area contributed by atoms with Gasteiger partial charge in [0.05, 0.1) is 4.92 Å². The van der Waals surface area contributed by atoms with Crippen LogP contribution in [-0.4, -0.2) is 52.5 Å². The number of pyridine rings is 1. The third kappa shape index (κ3) is 5.58. The van der Waals surface area contributed by atoms with Crippen molar-refractivity contribution in [2.75, 3.05) is 48.3 Å². The van der Waals surface area contributed by atoms with E-state index in [2.05, 4.69) is 26.6 Å². The lowest BCUT2D eigenvalue weighted by molar-refractivity contribution is -0.384. The Hall–Kier alpha value is -2.32. The first-order valence-corrected chi connectivity index (χ1v) is 10.2. The molecule has 1 aromatic heterocycles. The zero-order valence-corrected chi connectivity index (χ0v) is 16.5. The van der Waals surface area contributed by atoms with Crippen LogP contribution in [0.2, 0.25) is 0 Å². The minimum absolute atomic E-state index is 0.00447. The van der Waals surface area contributed by atoms with Crippen LogP contribution >= 0.6 is 11.8 Å². The molecule has 2 N–H and O–H groups in total. The molecule has 0 bridgehead atoms. The SMILES string of the molecule is Cc1cc(C)cc(Nc2ccc([N+](=O)[O-])c(NCCN3CCSCC3)n2)c1. The van der Waals surface area contributed by atoms with E-state index in [9.17, 15) is 10.1 Å². The molecule has 1 aliphatic rings. The van der Waals surface area contributed by atoms with Gasteiger partial charge < -0.3 is 10.6 Å². The Balaban J connectivity index is 1.70. The number of rotatable bonds is 7. The van der Waals surface area contributed by atoms with Gasteiger partial charge in [-0.1, -0.05) is 6.07 Å². The minimum Gasteiger partial charge on any atom is -0.363 e. The number of hydrogen-bond acceptors (Lipinski definition) is 7. The van der Waals surface area contributed by atoms with Crippen molar-refractivity contribution in [2.24, 2.45) is 0 Å². The van der Waals surface area contributed by atoms with E-state index in [0.717, 1.165) is 48.0 Å². The monoisotopic (exact) mass is 387 g/mol. The molecule has 2 heterocycles. The molecule has 0 atom stereocenters. The van der Waals surface area contributed by atoms with E-state index in [1.807, 2.05) is 37.7 Å². The normalized spacial score (nSPS) is 14.7. The van der Waals surface area contributed by atoms with Crippen molar-refractivity contribution in [3.8, 4) is 0 Å². The van der Waals surface area contributed by atoms with E-state index < -0.39 is 4.92 Å². The summed E-state index contributed by atoms with van der Waals surface area (Å²) in [5.74, 6) is 3.18. The van der Waals surface area contributed by atoms with Crippen LogP contribution in [-0.2, 0) is 0 Å². The van der Waals surface area contributed by atoms with E-state index in [1.54, 1.807) is 6.07 Å². The fraction of sp³-hybridized carbons (Fsp3) is 0.421. The van der Waals surface area contributed by atoms with Crippen LogP contribution < -0.4 is 10.6 Å². The number of nitrogens with zero attached hydrogens (tertiary/aromatic N) is 3. The molecule has 144 valence electrons. The molecule has 0 aliphatic carbocycles. The van der Waals surface area contributed by atoms with Gasteiger partial charge in [0.2, 0.25) is 5.82 Å². The second kappa shape index (κ2) is 9.05. The Kier molecular flexibility index (Phi) is 6.52. The second-order valence-corrected chi connectivity index (χ2v) is 7.93. The number of aromatic nitrogens is 1. The molecular weight excluding hydrogens is 362 g/mol. The van der Waals surface area contributed by atoms with Gasteiger partial charge in [-0.25, -0.2) is 4.98 Å². The first-order chi connectivity index (χ1) is 13.0. The van der Waals surface area contributed by atoms with Crippen molar-refractivity contribution < 1.29 is 4.92 Å². The van der Waals surface area contributed by atoms with Crippen LogP contribution in [0.1, 0.15) is 11.1 Å². The van der Waals surface area contributed by atoms with Crippen LogP contribution in [0.15, 0.2) is 30.3 Å². The summed E-state index contributed by atoms with van der Waals surface area (Å²) in [5, 5.41) is 17.7. The molecule has 1 saturated heterocycles. The molecule has 27 heavy (non-hydrogen) atoms. The molecule has 7 nitrogen and oxygen atoms in total. The Morgan fingerprint density at radius 2 is 1.89 bits per heavy atom. The third-order valence-corrected chi connectivity index (χ3v) is 5.33. The van der Waals surface area contributed by atoms with Crippen molar-refractivity contribution in [2.45, 2.75) is 13.8 Å². The Morgan fingerprint density at radius 1 is 1.19 bits per heavy atom. The average molecular weight is 388 g/mol. The maximum atomic E-state index is 11.3. The number of nitrogens with one attached hydrogen (secondary N) is 2. The van der Waals surface area contributed by atoms with Gasteiger partial charge in [0, 0.05) is 49.4 Å². The van der Waals surface area contributed by atoms with Gasteiger partial charge >= 0.3 is 5.69 Å². The zero-order valence-electron chi connectivity index (χ0n) is 15.7. The maximum Gasteiger partial charge on any atom is 0.311 e. The Labute approximate surface area is 163 Å². The number of benzene rings is 1. The highest BCUT2D eigenvalue weighted by Crippen LogP contribution is 2.26. The molecule has 3 rings (SSSR count). The highest BCUT2D eigenvalue weighted by Gasteiger charge is 2.17. The number of anilines is 3. The molecule has 0 radical (unpaired) electrons. The van der Waals surface area contributed by atoms with Crippen LogP contribution in [0.5, 0.6) is 0 Å². The molecule has 8 heteroatoms. The topological polar surface area (TPSA) is 83.3 Å². The summed E-state index contributed by atoms with van der Waals surface area (Å²) in [6, 6.07) is 9.29. The lowest BCUT2D eigenvalue weighted by Crippen LogP contribution is -2.36. The highest BCUT2D eigenvalue weighted by atomic mass is 32.2. The number of nitro groups is 1. The summed E-state index contributed by atoms with van der Waals surface area (Å²) in [5.41, 5.74) is 3.22. The van der Waals surface area contributed by atoms with Crippen LogP contribution in [0.25, 0.3) is 0 Å². The first-order valence-electron chi connectivity index (χ1n) is 9.06. The van der Waals surface area contributed by atoms with Crippen molar-refractivity contribution in [1.29, 1.82) is 0 Å². The zero-order chi connectivity index (χ0) is 19.2. The smallest absolute Gasteiger partial charge is 0.311 e. The second-order valence-electron chi connectivity index (χ2n) is 6.70.